The van der Waals surface area contributed by atoms with Crippen molar-refractivity contribution in [3.05, 3.63) is 28.2 Å². The smallest absolute Gasteiger partial charge is 0.137 e. The molecule has 2 unspecified atom stereocenters. The van der Waals surface area contributed by atoms with Crippen molar-refractivity contribution >= 4 is 15.9 Å². The number of rotatable bonds is 2. The predicted molar refractivity (Wildman–Crippen MR) is 63.1 cm³/mol. The van der Waals surface area contributed by atoms with E-state index in [1.54, 1.807) is 12.1 Å². The van der Waals surface area contributed by atoms with Gasteiger partial charge in [0.2, 0.25) is 0 Å². The van der Waals surface area contributed by atoms with Crippen LogP contribution in [0.3, 0.4) is 0 Å². The van der Waals surface area contributed by atoms with Crippen molar-refractivity contribution in [2.45, 2.75) is 31.5 Å². The van der Waals surface area contributed by atoms with Gasteiger partial charge in [0.15, 0.2) is 0 Å². The molecule has 1 aliphatic rings. The Hall–Kier alpha value is -1.05. The molecule has 0 saturated heterocycles. The molecule has 0 radical (unpaired) electrons. The molecule has 4 heteroatoms. The molecule has 1 N–H and O–H groups in total. The number of halogens is 1. The van der Waals surface area contributed by atoms with Gasteiger partial charge in [-0.05, 0) is 37.5 Å². The van der Waals surface area contributed by atoms with Crippen LogP contribution in [0.5, 0.6) is 5.75 Å². The standard InChI is InChI=1S/C12H12BrNO2/c13-9-4-5-11(8(6-9)7-14)16-12-3-1-2-10(12)15/h4-6,10,12,15H,1-3H2. The third kappa shape index (κ3) is 2.37. The summed E-state index contributed by atoms with van der Waals surface area (Å²) in [5.41, 5.74) is 0.494. The fourth-order valence-electron chi connectivity index (χ4n) is 1.90. The van der Waals surface area contributed by atoms with Crippen LogP contribution in [0.4, 0.5) is 0 Å². The SMILES string of the molecule is N#Cc1cc(Br)ccc1OC1CCCC1O. The lowest BCUT2D eigenvalue weighted by Crippen LogP contribution is -2.25. The Balaban J connectivity index is 2.18. The highest BCUT2D eigenvalue weighted by atomic mass is 79.9. The Bertz CT molecular complexity index is 428. The van der Waals surface area contributed by atoms with Crippen LogP contribution in [-0.4, -0.2) is 17.3 Å². The minimum atomic E-state index is -0.407. The van der Waals surface area contributed by atoms with Crippen molar-refractivity contribution in [3.63, 3.8) is 0 Å². The average molecular weight is 282 g/mol. The van der Waals surface area contributed by atoms with Gasteiger partial charge in [-0.25, -0.2) is 0 Å². The molecule has 1 aromatic rings. The Morgan fingerprint density at radius 2 is 2.25 bits per heavy atom. The third-order valence-electron chi connectivity index (χ3n) is 2.76. The van der Waals surface area contributed by atoms with E-state index >= 15 is 0 Å². The van der Waals surface area contributed by atoms with Gasteiger partial charge in [0, 0.05) is 4.47 Å². The summed E-state index contributed by atoms with van der Waals surface area (Å²) in [5, 5.41) is 18.6. The van der Waals surface area contributed by atoms with Crippen molar-refractivity contribution in [3.8, 4) is 11.8 Å². The molecule has 0 heterocycles. The van der Waals surface area contributed by atoms with E-state index in [9.17, 15) is 5.11 Å². The Morgan fingerprint density at radius 1 is 1.44 bits per heavy atom. The van der Waals surface area contributed by atoms with Crippen molar-refractivity contribution in [2.24, 2.45) is 0 Å². The van der Waals surface area contributed by atoms with Gasteiger partial charge in [-0.2, -0.15) is 5.26 Å². The number of hydrogen-bond acceptors (Lipinski definition) is 3. The van der Waals surface area contributed by atoms with Gasteiger partial charge in [-0.3, -0.25) is 0 Å². The van der Waals surface area contributed by atoms with E-state index in [0.717, 1.165) is 23.7 Å². The van der Waals surface area contributed by atoms with Gasteiger partial charge in [-0.15, -0.1) is 0 Å². The second-order valence-electron chi connectivity index (χ2n) is 3.91. The van der Waals surface area contributed by atoms with Crippen LogP contribution >= 0.6 is 15.9 Å². The normalized spacial score (nSPS) is 24.1. The summed E-state index contributed by atoms with van der Waals surface area (Å²) in [7, 11) is 0. The van der Waals surface area contributed by atoms with E-state index in [2.05, 4.69) is 22.0 Å². The second kappa shape index (κ2) is 4.86. The van der Waals surface area contributed by atoms with Crippen LogP contribution in [-0.2, 0) is 0 Å². The summed E-state index contributed by atoms with van der Waals surface area (Å²) < 4.78 is 6.52. The first-order chi connectivity index (χ1) is 7.70. The van der Waals surface area contributed by atoms with E-state index in [1.165, 1.54) is 0 Å². The van der Waals surface area contributed by atoms with Crippen molar-refractivity contribution in [1.29, 1.82) is 5.26 Å². The Morgan fingerprint density at radius 3 is 2.88 bits per heavy atom. The Kier molecular flexibility index (Phi) is 3.47. The molecule has 1 aromatic carbocycles. The highest BCUT2D eigenvalue weighted by molar-refractivity contribution is 9.10. The van der Waals surface area contributed by atoms with Gasteiger partial charge >= 0.3 is 0 Å². The zero-order chi connectivity index (χ0) is 11.5. The number of hydrogen-bond donors (Lipinski definition) is 1. The lowest BCUT2D eigenvalue weighted by molar-refractivity contribution is 0.0602. The summed E-state index contributed by atoms with van der Waals surface area (Å²) >= 11 is 3.31. The number of benzene rings is 1. The number of nitrogens with zero attached hydrogens (tertiary/aromatic N) is 1. The number of ether oxygens (including phenoxy) is 1. The molecule has 0 amide bonds. The van der Waals surface area contributed by atoms with Crippen LogP contribution < -0.4 is 4.74 Å². The maximum atomic E-state index is 9.65. The van der Waals surface area contributed by atoms with Crippen molar-refractivity contribution in [2.75, 3.05) is 0 Å². The van der Waals surface area contributed by atoms with Gasteiger partial charge < -0.3 is 9.84 Å². The number of aliphatic hydroxyl groups excluding tert-OH is 1. The lowest BCUT2D eigenvalue weighted by Gasteiger charge is -2.17. The van der Waals surface area contributed by atoms with Gasteiger partial charge in [0.05, 0.1) is 11.7 Å². The molecule has 2 atom stereocenters. The van der Waals surface area contributed by atoms with Gasteiger partial charge in [-0.1, -0.05) is 15.9 Å². The summed E-state index contributed by atoms with van der Waals surface area (Å²) in [6, 6.07) is 7.40. The molecule has 0 aromatic heterocycles. The molecule has 3 nitrogen and oxygen atoms in total. The first-order valence-electron chi connectivity index (χ1n) is 5.25. The zero-order valence-corrected chi connectivity index (χ0v) is 10.3. The summed E-state index contributed by atoms with van der Waals surface area (Å²) in [6.45, 7) is 0. The van der Waals surface area contributed by atoms with Crippen LogP contribution in [0.25, 0.3) is 0 Å². The first kappa shape index (κ1) is 11.4. The second-order valence-corrected chi connectivity index (χ2v) is 4.82. The average Bonchev–Trinajstić information content (AvgIpc) is 2.67. The molecular formula is C12H12BrNO2. The van der Waals surface area contributed by atoms with E-state index in [1.807, 2.05) is 6.07 Å². The van der Waals surface area contributed by atoms with Gasteiger partial charge in [0.1, 0.15) is 17.9 Å². The largest absolute Gasteiger partial charge is 0.486 e. The maximum absolute atomic E-state index is 9.65. The van der Waals surface area contributed by atoms with Gasteiger partial charge in [0.25, 0.3) is 0 Å². The minimum absolute atomic E-state index is 0.173. The van der Waals surface area contributed by atoms with E-state index in [-0.39, 0.29) is 6.10 Å². The Labute approximate surface area is 103 Å². The molecule has 2 rings (SSSR count). The fourth-order valence-corrected chi connectivity index (χ4v) is 2.26. The number of nitriles is 1. The molecule has 1 aliphatic carbocycles. The summed E-state index contributed by atoms with van der Waals surface area (Å²) in [4.78, 5) is 0. The fraction of sp³-hybridized carbons (Fsp3) is 0.417. The maximum Gasteiger partial charge on any atom is 0.137 e. The number of aliphatic hydroxyl groups is 1. The van der Waals surface area contributed by atoms with Crippen molar-refractivity contribution in [1.82, 2.24) is 0 Å². The highest BCUT2D eigenvalue weighted by Crippen LogP contribution is 2.28. The molecular weight excluding hydrogens is 270 g/mol. The molecule has 84 valence electrons. The first-order valence-corrected chi connectivity index (χ1v) is 6.04. The predicted octanol–water partition coefficient (Wildman–Crippen LogP) is 2.61. The van der Waals surface area contributed by atoms with Crippen LogP contribution in [0.1, 0.15) is 24.8 Å². The monoisotopic (exact) mass is 281 g/mol. The molecule has 1 fully saturated rings. The zero-order valence-electron chi connectivity index (χ0n) is 8.69. The van der Waals surface area contributed by atoms with Crippen LogP contribution in [0, 0.1) is 11.3 Å². The lowest BCUT2D eigenvalue weighted by atomic mass is 10.2. The molecule has 16 heavy (non-hydrogen) atoms. The topological polar surface area (TPSA) is 53.2 Å². The molecule has 1 saturated carbocycles. The third-order valence-corrected chi connectivity index (χ3v) is 3.25. The quantitative estimate of drug-likeness (QED) is 0.907. The summed E-state index contributed by atoms with van der Waals surface area (Å²) in [6.07, 6.45) is 2.03. The molecule has 0 aliphatic heterocycles. The van der Waals surface area contributed by atoms with Crippen LogP contribution in [0.15, 0.2) is 22.7 Å². The van der Waals surface area contributed by atoms with E-state index in [0.29, 0.717) is 11.3 Å². The molecule has 0 spiro atoms. The minimum Gasteiger partial charge on any atom is -0.486 e. The molecule has 0 bridgehead atoms. The summed E-state index contributed by atoms with van der Waals surface area (Å²) in [5.74, 6) is 0.552. The van der Waals surface area contributed by atoms with Crippen molar-refractivity contribution < 1.29 is 9.84 Å². The highest BCUT2D eigenvalue weighted by Gasteiger charge is 2.27. The van der Waals surface area contributed by atoms with E-state index in [4.69, 9.17) is 10.00 Å². The van der Waals surface area contributed by atoms with Crippen LogP contribution in [0.2, 0.25) is 0 Å². The van der Waals surface area contributed by atoms with E-state index < -0.39 is 6.10 Å².